The van der Waals surface area contributed by atoms with Crippen LogP contribution in [0.5, 0.6) is 0 Å². The van der Waals surface area contributed by atoms with E-state index in [1.54, 1.807) is 0 Å². The molecule has 0 N–H and O–H groups in total. The van der Waals surface area contributed by atoms with Crippen molar-refractivity contribution in [1.82, 2.24) is 14.7 Å². The fourth-order valence-corrected chi connectivity index (χ4v) is 5.47. The van der Waals surface area contributed by atoms with E-state index in [0.717, 1.165) is 43.3 Å². The van der Waals surface area contributed by atoms with Crippen LogP contribution in [0.15, 0.2) is 78.9 Å². The Morgan fingerprint density at radius 1 is 0.861 bits per heavy atom. The van der Waals surface area contributed by atoms with Crippen LogP contribution in [0.3, 0.4) is 0 Å². The molecule has 0 bridgehead atoms. The van der Waals surface area contributed by atoms with Gasteiger partial charge in [-0.15, -0.1) is 0 Å². The van der Waals surface area contributed by atoms with Gasteiger partial charge in [0.05, 0.1) is 6.04 Å². The highest BCUT2D eigenvalue weighted by Gasteiger charge is 2.34. The highest BCUT2D eigenvalue weighted by molar-refractivity contribution is 6.30. The molecule has 190 valence electrons. The summed E-state index contributed by atoms with van der Waals surface area (Å²) in [5.74, 6) is 0.0978. The standard InChI is InChI=1S/C31H38ClN3O/c1-5-33(6-2)31(36)28-16-14-27(15-17-28)30(26-10-8-7-9-11-26)35-21-23(3)34(20-24(35)4)22-25-12-18-29(32)19-13-25/h7-19,23-24,30H,5-6,20-22H2,1-4H3/t23-,24+,30-/m1/s1. The molecule has 1 aliphatic heterocycles. The van der Waals surface area contributed by atoms with Gasteiger partial charge >= 0.3 is 0 Å². The van der Waals surface area contributed by atoms with Crippen molar-refractivity contribution in [1.29, 1.82) is 0 Å². The number of rotatable bonds is 8. The molecule has 4 nitrogen and oxygen atoms in total. The lowest BCUT2D eigenvalue weighted by atomic mass is 9.92. The molecule has 1 saturated heterocycles. The van der Waals surface area contributed by atoms with Gasteiger partial charge in [-0.3, -0.25) is 14.6 Å². The Kier molecular flexibility index (Phi) is 8.84. The van der Waals surface area contributed by atoms with Gasteiger partial charge in [0.15, 0.2) is 0 Å². The zero-order chi connectivity index (χ0) is 25.7. The van der Waals surface area contributed by atoms with Crippen LogP contribution in [0.1, 0.15) is 60.8 Å². The average Bonchev–Trinajstić information content (AvgIpc) is 2.90. The van der Waals surface area contributed by atoms with Gasteiger partial charge in [0.2, 0.25) is 0 Å². The number of benzene rings is 3. The van der Waals surface area contributed by atoms with Crippen LogP contribution in [0.25, 0.3) is 0 Å². The summed E-state index contributed by atoms with van der Waals surface area (Å²) < 4.78 is 0. The Morgan fingerprint density at radius 2 is 1.47 bits per heavy atom. The lowest BCUT2D eigenvalue weighted by Crippen LogP contribution is -2.56. The van der Waals surface area contributed by atoms with Crippen molar-refractivity contribution in [2.75, 3.05) is 26.2 Å². The van der Waals surface area contributed by atoms with Crippen LogP contribution in [0.2, 0.25) is 5.02 Å². The maximum absolute atomic E-state index is 12.9. The molecule has 4 rings (SSSR count). The second kappa shape index (κ2) is 12.1. The first-order chi connectivity index (χ1) is 17.4. The molecule has 0 aromatic heterocycles. The molecule has 1 aliphatic rings. The third-order valence-electron chi connectivity index (χ3n) is 7.43. The van der Waals surface area contributed by atoms with E-state index in [2.05, 4.69) is 78.2 Å². The third kappa shape index (κ3) is 6.00. The van der Waals surface area contributed by atoms with Gasteiger partial charge in [0.1, 0.15) is 0 Å². The monoisotopic (exact) mass is 503 g/mol. The molecule has 0 unspecified atom stereocenters. The van der Waals surface area contributed by atoms with E-state index in [-0.39, 0.29) is 11.9 Å². The number of carbonyl (C=O) groups excluding carboxylic acids is 1. The molecular weight excluding hydrogens is 466 g/mol. The number of hydrogen-bond acceptors (Lipinski definition) is 3. The maximum atomic E-state index is 12.9. The summed E-state index contributed by atoms with van der Waals surface area (Å²) in [6.45, 7) is 13.0. The Labute approximate surface area is 221 Å². The number of halogens is 1. The number of amides is 1. The predicted molar refractivity (Wildman–Crippen MR) is 149 cm³/mol. The fraction of sp³-hybridized carbons (Fsp3) is 0.387. The predicted octanol–water partition coefficient (Wildman–Crippen LogP) is 6.51. The summed E-state index contributed by atoms with van der Waals surface area (Å²) >= 11 is 6.09. The average molecular weight is 504 g/mol. The normalized spacial score (nSPS) is 19.7. The molecule has 0 spiro atoms. The van der Waals surface area contributed by atoms with E-state index in [9.17, 15) is 4.79 Å². The fourth-order valence-electron chi connectivity index (χ4n) is 5.34. The minimum atomic E-state index is 0.0978. The van der Waals surface area contributed by atoms with Crippen molar-refractivity contribution >= 4 is 17.5 Å². The Morgan fingerprint density at radius 3 is 2.08 bits per heavy atom. The Bertz CT molecular complexity index is 1110. The lowest BCUT2D eigenvalue weighted by molar-refractivity contribution is 0.0195. The molecule has 3 aromatic carbocycles. The number of nitrogens with zero attached hydrogens (tertiary/aromatic N) is 3. The number of piperazine rings is 1. The smallest absolute Gasteiger partial charge is 0.253 e. The molecule has 0 saturated carbocycles. The zero-order valence-electron chi connectivity index (χ0n) is 21.9. The molecule has 5 heteroatoms. The van der Waals surface area contributed by atoms with Crippen molar-refractivity contribution in [3.8, 4) is 0 Å². The summed E-state index contributed by atoms with van der Waals surface area (Å²) in [7, 11) is 0. The van der Waals surface area contributed by atoms with Crippen molar-refractivity contribution in [2.24, 2.45) is 0 Å². The first-order valence-corrected chi connectivity index (χ1v) is 13.5. The van der Waals surface area contributed by atoms with Gasteiger partial charge < -0.3 is 4.90 Å². The van der Waals surface area contributed by atoms with Crippen LogP contribution in [0, 0.1) is 0 Å². The Balaban J connectivity index is 1.58. The van der Waals surface area contributed by atoms with Gasteiger partial charge in [-0.25, -0.2) is 0 Å². The van der Waals surface area contributed by atoms with Crippen molar-refractivity contribution in [3.05, 3.63) is 106 Å². The topological polar surface area (TPSA) is 26.8 Å². The maximum Gasteiger partial charge on any atom is 0.253 e. The second-order valence-electron chi connectivity index (χ2n) is 9.86. The van der Waals surface area contributed by atoms with Crippen LogP contribution >= 0.6 is 11.6 Å². The minimum Gasteiger partial charge on any atom is -0.339 e. The molecule has 3 aromatic rings. The highest BCUT2D eigenvalue weighted by atomic mass is 35.5. The molecule has 36 heavy (non-hydrogen) atoms. The van der Waals surface area contributed by atoms with E-state index in [1.165, 1.54) is 16.7 Å². The van der Waals surface area contributed by atoms with Crippen molar-refractivity contribution < 1.29 is 4.79 Å². The van der Waals surface area contributed by atoms with E-state index in [0.29, 0.717) is 12.1 Å². The molecule has 1 amide bonds. The minimum absolute atomic E-state index is 0.0978. The van der Waals surface area contributed by atoms with Crippen LogP contribution in [-0.4, -0.2) is 58.9 Å². The molecule has 1 fully saturated rings. The zero-order valence-corrected chi connectivity index (χ0v) is 22.7. The summed E-state index contributed by atoms with van der Waals surface area (Å²) in [4.78, 5) is 19.9. The molecule has 3 atom stereocenters. The van der Waals surface area contributed by atoms with Crippen molar-refractivity contribution in [3.63, 3.8) is 0 Å². The van der Waals surface area contributed by atoms with E-state index in [4.69, 9.17) is 11.6 Å². The lowest BCUT2D eigenvalue weighted by Gasteiger charge is -2.47. The first kappa shape index (κ1) is 26.4. The highest BCUT2D eigenvalue weighted by Crippen LogP contribution is 2.34. The van der Waals surface area contributed by atoms with Crippen LogP contribution in [-0.2, 0) is 6.54 Å². The summed E-state index contributed by atoms with van der Waals surface area (Å²) in [5, 5.41) is 0.778. The molecular formula is C31H38ClN3O. The first-order valence-electron chi connectivity index (χ1n) is 13.1. The number of hydrogen-bond donors (Lipinski definition) is 0. The summed E-state index contributed by atoms with van der Waals surface area (Å²) in [6.07, 6.45) is 0. The third-order valence-corrected chi connectivity index (χ3v) is 7.69. The Hall–Kier alpha value is -2.66. The van der Waals surface area contributed by atoms with Gasteiger partial charge in [-0.2, -0.15) is 0 Å². The quantitative estimate of drug-likeness (QED) is 0.350. The second-order valence-corrected chi connectivity index (χ2v) is 10.3. The van der Waals surface area contributed by atoms with Crippen LogP contribution < -0.4 is 0 Å². The molecule has 1 heterocycles. The van der Waals surface area contributed by atoms with Crippen molar-refractivity contribution in [2.45, 2.75) is 52.4 Å². The molecule has 0 aliphatic carbocycles. The summed E-state index contributed by atoms with van der Waals surface area (Å²) in [6, 6.07) is 28.1. The molecule has 0 radical (unpaired) electrons. The van der Waals surface area contributed by atoms with Crippen LogP contribution in [0.4, 0.5) is 0 Å². The SMILES string of the molecule is CCN(CC)C(=O)c1ccc([C@@H](c2ccccc2)N2C[C@@H](C)N(Cc3ccc(Cl)cc3)C[C@@H]2C)cc1. The van der Waals surface area contributed by atoms with Gasteiger partial charge in [-0.1, -0.05) is 66.2 Å². The number of carbonyl (C=O) groups is 1. The summed E-state index contributed by atoms with van der Waals surface area (Å²) in [5.41, 5.74) is 4.55. The van der Waals surface area contributed by atoms with E-state index < -0.39 is 0 Å². The van der Waals surface area contributed by atoms with E-state index >= 15 is 0 Å². The van der Waals surface area contributed by atoms with Gasteiger partial charge in [-0.05, 0) is 68.7 Å². The van der Waals surface area contributed by atoms with E-state index in [1.807, 2.05) is 43.0 Å². The van der Waals surface area contributed by atoms with Gasteiger partial charge in [0.25, 0.3) is 5.91 Å². The largest absolute Gasteiger partial charge is 0.339 e. The van der Waals surface area contributed by atoms with Gasteiger partial charge in [0, 0.05) is 55.4 Å².